The minimum atomic E-state index is -3.41. The van der Waals surface area contributed by atoms with Crippen LogP contribution in [0.3, 0.4) is 0 Å². The van der Waals surface area contributed by atoms with Gasteiger partial charge in [-0.2, -0.15) is 0 Å². The van der Waals surface area contributed by atoms with Crippen LogP contribution < -0.4 is 10.0 Å². The second kappa shape index (κ2) is 8.74. The van der Waals surface area contributed by atoms with E-state index >= 15 is 0 Å². The first-order chi connectivity index (χ1) is 9.49. The molecule has 7 heteroatoms. The molecule has 1 unspecified atom stereocenters. The molecule has 5 nitrogen and oxygen atoms in total. The van der Waals surface area contributed by atoms with Crippen molar-refractivity contribution < 1.29 is 13.2 Å². The summed E-state index contributed by atoms with van der Waals surface area (Å²) < 4.78 is 32.4. The number of sulfonamides is 1. The molecule has 0 aliphatic heterocycles. The maximum atomic E-state index is 12.2. The van der Waals surface area contributed by atoms with Crippen LogP contribution >= 0.6 is 11.3 Å². The van der Waals surface area contributed by atoms with E-state index in [9.17, 15) is 8.42 Å². The van der Waals surface area contributed by atoms with Gasteiger partial charge in [0.1, 0.15) is 4.21 Å². The molecular weight excluding hydrogens is 296 g/mol. The maximum absolute atomic E-state index is 12.2. The summed E-state index contributed by atoms with van der Waals surface area (Å²) in [4.78, 5) is 1.03. The summed E-state index contributed by atoms with van der Waals surface area (Å²) >= 11 is 1.31. The Hall–Kier alpha value is -0.470. The fourth-order valence-electron chi connectivity index (χ4n) is 1.66. The molecule has 116 valence electrons. The Labute approximate surface area is 125 Å². The van der Waals surface area contributed by atoms with E-state index in [1.54, 1.807) is 13.2 Å². The molecule has 1 atom stereocenters. The molecule has 0 aliphatic carbocycles. The van der Waals surface area contributed by atoms with Gasteiger partial charge < -0.3 is 10.1 Å². The first-order valence-electron chi connectivity index (χ1n) is 6.80. The third-order valence-corrected chi connectivity index (χ3v) is 5.91. The molecule has 0 bridgehead atoms. The van der Waals surface area contributed by atoms with E-state index in [1.165, 1.54) is 11.3 Å². The summed E-state index contributed by atoms with van der Waals surface area (Å²) in [5.74, 6) is 0. The van der Waals surface area contributed by atoms with Gasteiger partial charge >= 0.3 is 0 Å². The molecule has 1 rings (SSSR count). The fourth-order valence-corrected chi connectivity index (χ4v) is 4.28. The predicted octanol–water partition coefficient (Wildman–Crippen LogP) is 1.95. The van der Waals surface area contributed by atoms with Crippen molar-refractivity contribution in [3.05, 3.63) is 17.0 Å². The Morgan fingerprint density at radius 3 is 2.80 bits per heavy atom. The van der Waals surface area contributed by atoms with Crippen LogP contribution in [0.2, 0.25) is 0 Å². The summed E-state index contributed by atoms with van der Waals surface area (Å²) in [5.41, 5.74) is 0. The zero-order valence-corrected chi connectivity index (χ0v) is 13.9. The fraction of sp³-hybridized carbons (Fsp3) is 0.692. The van der Waals surface area contributed by atoms with Gasteiger partial charge in [-0.15, -0.1) is 11.3 Å². The van der Waals surface area contributed by atoms with Crippen molar-refractivity contribution in [3.63, 3.8) is 0 Å². The number of ether oxygens (including phenoxy) is 1. The van der Waals surface area contributed by atoms with Gasteiger partial charge in [0.15, 0.2) is 0 Å². The summed E-state index contributed by atoms with van der Waals surface area (Å²) in [5, 5.41) is 3.26. The van der Waals surface area contributed by atoms with E-state index in [0.717, 1.165) is 17.8 Å². The highest BCUT2D eigenvalue weighted by molar-refractivity contribution is 7.91. The van der Waals surface area contributed by atoms with Crippen molar-refractivity contribution in [1.29, 1.82) is 0 Å². The van der Waals surface area contributed by atoms with Crippen LogP contribution in [0, 0.1) is 0 Å². The van der Waals surface area contributed by atoms with Gasteiger partial charge in [-0.1, -0.05) is 6.92 Å². The Morgan fingerprint density at radius 2 is 2.15 bits per heavy atom. The van der Waals surface area contributed by atoms with E-state index in [1.807, 2.05) is 13.0 Å². The zero-order chi connectivity index (χ0) is 15.0. The highest BCUT2D eigenvalue weighted by Gasteiger charge is 2.19. The number of methoxy groups -OCH3 is 1. The molecule has 1 heterocycles. The SMILES string of the molecule is CCCNCc1ccc(S(=O)(=O)NC(C)CCOC)s1. The Balaban J connectivity index is 2.59. The summed E-state index contributed by atoms with van der Waals surface area (Å²) in [7, 11) is -1.81. The van der Waals surface area contributed by atoms with Crippen LogP contribution in [0.25, 0.3) is 0 Å². The molecule has 0 radical (unpaired) electrons. The molecule has 1 aromatic rings. The van der Waals surface area contributed by atoms with Crippen molar-refractivity contribution in [2.45, 2.75) is 43.5 Å². The summed E-state index contributed by atoms with van der Waals surface area (Å²) in [6, 6.07) is 3.39. The third kappa shape index (κ3) is 5.88. The Bertz CT molecular complexity index is 486. The van der Waals surface area contributed by atoms with Gasteiger partial charge in [-0.25, -0.2) is 13.1 Å². The molecule has 0 aromatic carbocycles. The van der Waals surface area contributed by atoms with Crippen LogP contribution in [0.4, 0.5) is 0 Å². The maximum Gasteiger partial charge on any atom is 0.250 e. The van der Waals surface area contributed by atoms with Gasteiger partial charge in [-0.3, -0.25) is 0 Å². The largest absolute Gasteiger partial charge is 0.385 e. The number of hydrogen-bond acceptors (Lipinski definition) is 5. The van der Waals surface area contributed by atoms with Crippen LogP contribution in [0.1, 0.15) is 31.6 Å². The average Bonchev–Trinajstić information content (AvgIpc) is 2.86. The first-order valence-corrected chi connectivity index (χ1v) is 9.10. The minimum Gasteiger partial charge on any atom is -0.385 e. The molecule has 0 spiro atoms. The van der Waals surface area contributed by atoms with E-state index in [0.29, 0.717) is 23.8 Å². The van der Waals surface area contributed by atoms with Crippen molar-refractivity contribution in [1.82, 2.24) is 10.0 Å². The van der Waals surface area contributed by atoms with Crippen LogP contribution in [0.15, 0.2) is 16.3 Å². The topological polar surface area (TPSA) is 67.4 Å². The van der Waals surface area contributed by atoms with E-state index in [2.05, 4.69) is 17.0 Å². The van der Waals surface area contributed by atoms with Gasteiger partial charge in [-0.05, 0) is 38.4 Å². The molecule has 0 saturated heterocycles. The summed E-state index contributed by atoms with van der Waals surface area (Å²) in [6.45, 7) is 6.14. The number of rotatable bonds is 10. The van der Waals surface area contributed by atoms with E-state index in [4.69, 9.17) is 4.74 Å². The van der Waals surface area contributed by atoms with Crippen molar-refractivity contribution in [2.24, 2.45) is 0 Å². The van der Waals surface area contributed by atoms with Gasteiger partial charge in [0.05, 0.1) is 0 Å². The number of nitrogens with one attached hydrogen (secondary N) is 2. The monoisotopic (exact) mass is 320 g/mol. The highest BCUT2D eigenvalue weighted by atomic mass is 32.2. The lowest BCUT2D eigenvalue weighted by Gasteiger charge is -2.12. The van der Waals surface area contributed by atoms with E-state index in [-0.39, 0.29) is 6.04 Å². The standard InChI is InChI=1S/C13H24N2O3S2/c1-4-8-14-10-12-5-6-13(19-12)20(16,17)15-11(2)7-9-18-3/h5-6,11,14-15H,4,7-10H2,1-3H3. The smallest absolute Gasteiger partial charge is 0.250 e. The Kier molecular flexibility index (Phi) is 7.68. The predicted molar refractivity (Wildman–Crippen MR) is 82.6 cm³/mol. The lowest BCUT2D eigenvalue weighted by molar-refractivity contribution is 0.188. The van der Waals surface area contributed by atoms with E-state index < -0.39 is 10.0 Å². The van der Waals surface area contributed by atoms with Crippen molar-refractivity contribution >= 4 is 21.4 Å². The van der Waals surface area contributed by atoms with Crippen LogP contribution in [-0.2, 0) is 21.3 Å². The normalized spacial score (nSPS) is 13.6. The molecule has 20 heavy (non-hydrogen) atoms. The molecule has 0 fully saturated rings. The quantitative estimate of drug-likeness (QED) is 0.647. The molecule has 0 saturated carbocycles. The molecule has 2 N–H and O–H groups in total. The first kappa shape index (κ1) is 17.6. The van der Waals surface area contributed by atoms with Gasteiger partial charge in [0.25, 0.3) is 0 Å². The van der Waals surface area contributed by atoms with Crippen molar-refractivity contribution in [2.75, 3.05) is 20.3 Å². The molecular formula is C13H24N2O3S2. The lowest BCUT2D eigenvalue weighted by atomic mass is 10.3. The second-order valence-corrected chi connectivity index (χ2v) is 7.81. The number of thiophene rings is 1. The molecule has 1 aromatic heterocycles. The van der Waals surface area contributed by atoms with Gasteiger partial charge in [0.2, 0.25) is 10.0 Å². The van der Waals surface area contributed by atoms with Crippen LogP contribution in [-0.4, -0.2) is 34.7 Å². The highest BCUT2D eigenvalue weighted by Crippen LogP contribution is 2.21. The van der Waals surface area contributed by atoms with Crippen molar-refractivity contribution in [3.8, 4) is 0 Å². The average molecular weight is 320 g/mol. The van der Waals surface area contributed by atoms with Gasteiger partial charge in [0, 0.05) is 31.2 Å². The third-order valence-electron chi connectivity index (χ3n) is 2.74. The Morgan fingerprint density at radius 1 is 1.40 bits per heavy atom. The minimum absolute atomic E-state index is 0.135. The summed E-state index contributed by atoms with van der Waals surface area (Å²) in [6.07, 6.45) is 1.72. The number of hydrogen-bond donors (Lipinski definition) is 2. The second-order valence-electron chi connectivity index (χ2n) is 4.70. The lowest BCUT2D eigenvalue weighted by Crippen LogP contribution is -2.32. The van der Waals surface area contributed by atoms with Crippen LogP contribution in [0.5, 0.6) is 0 Å². The molecule has 0 aliphatic rings. The zero-order valence-electron chi connectivity index (χ0n) is 12.3. The molecule has 0 amide bonds.